The normalized spacial score (nSPS) is 44.0. The minimum atomic E-state index is -2.46. The molecule has 4 fully saturated rings. The molecule has 2 bridgehead atoms. The summed E-state index contributed by atoms with van der Waals surface area (Å²) >= 11 is 0. The summed E-state index contributed by atoms with van der Waals surface area (Å²) < 4.78 is 29.6. The van der Waals surface area contributed by atoms with Crippen LogP contribution in [0.2, 0.25) is 0 Å². The van der Waals surface area contributed by atoms with Crippen molar-refractivity contribution in [3.63, 3.8) is 0 Å². The Kier molecular flexibility index (Phi) is 30.1. The molecular weight excluding hydrogens is 1110 g/mol. The fourth-order valence-corrected chi connectivity index (χ4v) is 11.3. The van der Waals surface area contributed by atoms with Crippen LogP contribution >= 0.6 is 0 Å². The maximum Gasteiger partial charge on any atom is 0.308 e. The van der Waals surface area contributed by atoms with Gasteiger partial charge in [-0.25, -0.2) is 0 Å². The number of hydrogen-bond donors (Lipinski definition) is 16. The molecule has 484 valence electrons. The van der Waals surface area contributed by atoms with Crippen molar-refractivity contribution in [2.45, 2.75) is 226 Å². The van der Waals surface area contributed by atoms with Crippen molar-refractivity contribution in [1.29, 1.82) is 0 Å². The average Bonchev–Trinajstić information content (AvgIpc) is 3.49. The molecule has 85 heavy (non-hydrogen) atoms. The lowest BCUT2D eigenvalue weighted by molar-refractivity contribution is -0.323. The van der Waals surface area contributed by atoms with Crippen LogP contribution in [0.15, 0.2) is 85.1 Å². The Hall–Kier alpha value is -3.68. The second kappa shape index (κ2) is 35.5. The first-order valence-electron chi connectivity index (χ1n) is 30.2. The Bertz CT molecular complexity index is 2210. The molecule has 0 spiro atoms. The zero-order valence-corrected chi connectivity index (χ0v) is 49.5. The molecule has 0 saturated carbocycles. The molecule has 16 N–H and O–H groups in total. The number of hydrogen-bond acceptors (Lipinski definition) is 23. The number of cyclic esters (lactones) is 1. The molecule has 4 saturated heterocycles. The van der Waals surface area contributed by atoms with Crippen LogP contribution in [-0.2, 0) is 33.3 Å². The number of aliphatic hydroxyl groups excluding tert-OH is 12. The summed E-state index contributed by atoms with van der Waals surface area (Å²) in [6.45, 7) is 8.38. The van der Waals surface area contributed by atoms with Gasteiger partial charge in [0.2, 0.25) is 11.7 Å². The molecule has 0 aliphatic carbocycles. The minimum absolute atomic E-state index is 0.125. The van der Waals surface area contributed by atoms with Gasteiger partial charge in [-0.2, -0.15) is 0 Å². The van der Waals surface area contributed by atoms with E-state index in [1.165, 1.54) is 6.92 Å². The van der Waals surface area contributed by atoms with Gasteiger partial charge in [-0.1, -0.05) is 105 Å². The molecule has 5 heterocycles. The molecular formula is C61H99N3O21. The van der Waals surface area contributed by atoms with Crippen LogP contribution in [0.4, 0.5) is 0 Å². The maximum atomic E-state index is 14.3. The molecule has 5 aliphatic heterocycles. The largest absolute Gasteiger partial charge is 0.462 e. The quantitative estimate of drug-likeness (QED) is 0.0926. The van der Waals surface area contributed by atoms with E-state index in [-0.39, 0.29) is 38.1 Å². The summed E-state index contributed by atoms with van der Waals surface area (Å²) in [6.07, 6.45) is 1.18. The number of piperidine rings is 1. The molecule has 0 aromatic carbocycles. The second-order valence-electron chi connectivity index (χ2n) is 23.8. The zero-order valence-electron chi connectivity index (χ0n) is 49.5. The highest BCUT2D eigenvalue weighted by molar-refractivity contribution is 5.80. The molecule has 5 rings (SSSR count). The minimum Gasteiger partial charge on any atom is -0.462 e. The van der Waals surface area contributed by atoms with Crippen LogP contribution in [0.3, 0.4) is 0 Å². The molecule has 24 heteroatoms. The number of aliphatic hydroxyl groups is 14. The van der Waals surface area contributed by atoms with E-state index in [4.69, 9.17) is 23.7 Å². The first-order chi connectivity index (χ1) is 40.3. The second-order valence-corrected chi connectivity index (χ2v) is 23.8. The van der Waals surface area contributed by atoms with E-state index in [9.17, 15) is 81.1 Å². The van der Waals surface area contributed by atoms with E-state index >= 15 is 0 Å². The number of amides is 1. The lowest BCUT2D eigenvalue weighted by Gasteiger charge is -2.47. The fraction of sp³-hybridized carbons (Fsp3) is 0.738. The third-order valence-corrected chi connectivity index (χ3v) is 16.7. The summed E-state index contributed by atoms with van der Waals surface area (Å²) in [5.74, 6) is -8.29. The van der Waals surface area contributed by atoms with E-state index in [1.807, 2.05) is 13.0 Å². The number of carbonyl (C=O) groups is 2. The van der Waals surface area contributed by atoms with E-state index in [2.05, 4.69) is 15.5 Å². The Morgan fingerprint density at radius 3 is 1.93 bits per heavy atom. The third-order valence-electron chi connectivity index (χ3n) is 16.7. The molecule has 23 atom stereocenters. The monoisotopic (exact) mass is 1210 g/mol. The van der Waals surface area contributed by atoms with Crippen molar-refractivity contribution in [2.24, 2.45) is 17.8 Å². The molecule has 4 unspecified atom stereocenters. The van der Waals surface area contributed by atoms with Crippen LogP contribution in [-0.4, -0.2) is 249 Å². The van der Waals surface area contributed by atoms with Gasteiger partial charge in [0.25, 0.3) is 0 Å². The van der Waals surface area contributed by atoms with Crippen molar-refractivity contribution < 1.29 is 105 Å². The van der Waals surface area contributed by atoms with E-state index in [1.54, 1.807) is 92.8 Å². The van der Waals surface area contributed by atoms with E-state index in [0.717, 1.165) is 38.9 Å². The Balaban J connectivity index is 1.42. The van der Waals surface area contributed by atoms with Crippen LogP contribution in [0.25, 0.3) is 0 Å². The topological polar surface area (TPSA) is 391 Å². The smallest absolute Gasteiger partial charge is 0.308 e. The van der Waals surface area contributed by atoms with Gasteiger partial charge in [0.1, 0.15) is 30.5 Å². The Morgan fingerprint density at radius 2 is 1.28 bits per heavy atom. The van der Waals surface area contributed by atoms with E-state index < -0.39 is 184 Å². The zero-order chi connectivity index (χ0) is 62.4. The van der Waals surface area contributed by atoms with Crippen molar-refractivity contribution in [3.8, 4) is 0 Å². The van der Waals surface area contributed by atoms with Gasteiger partial charge in [0.15, 0.2) is 12.1 Å². The van der Waals surface area contributed by atoms with Crippen LogP contribution in [0, 0.1) is 17.8 Å². The number of likely N-dealkylation sites (tertiary alicyclic amines) is 1. The highest BCUT2D eigenvalue weighted by Gasteiger charge is 2.53. The van der Waals surface area contributed by atoms with Gasteiger partial charge < -0.3 is 111 Å². The standard InChI is InChI=1S/C61H99N3O21/c1-37-21-16-13-11-9-7-5-6-8-10-12-14-17-22-44(84-59-56(76)52(54(74)40(4)83-59)63-36-61(80)57(77)55(75)48(71)35-81-61)32-49-51(58(78)62-25-20-28-64-26-18-15-19-27-64)47(70)34-60(79,85-49)33-43(67)30-46(69)45(68)24-23-41(65)29-42(66)31-50(72)82-39(3)38(2)53(37)73/h5-14,16-17,21-22,37-49,51-57,59,63,65-71,73-77,79-80H,15,18-20,23-36H2,1-4H3,(H,62,78)/b6-5+,9-7+,10-8+,13-11+,14-12+,21-16+,22-17?/t37-,38?,39-,40+,41+,42+,43-,44-,45+,46+,47-,48+,49?,51?,52-,53+,54+,55-,56-,57-,59?,60+,61+/m0/s1. The van der Waals surface area contributed by atoms with Crippen LogP contribution in [0.5, 0.6) is 0 Å². The average molecular weight is 1210 g/mol. The van der Waals surface area contributed by atoms with Crippen molar-refractivity contribution >= 4 is 11.9 Å². The number of fused-ring (bicyclic) bond motifs is 2. The number of nitrogens with zero attached hydrogens (tertiary/aromatic N) is 1. The number of carbonyl (C=O) groups excluding carboxylic acids is 2. The molecule has 0 aromatic rings. The lowest BCUT2D eigenvalue weighted by Crippen LogP contribution is -2.69. The number of ether oxygens (including phenoxy) is 5. The SMILES string of the molecule is CC1[C@H](C)OC(=O)C[C@H](O)C[C@H](O)CC[C@@H](O)[C@H](O)C[C@H](O)C[C@]2(O)C[C@H](O)C(C(=O)NCCCN3CCCCC3)C(C[C@@H](OC3O[C@H](C)[C@@H](O)[C@H](NC[C@@]4(O)OC[C@@H](O)[C@H](O)[C@@H]4O)[C@@H]3O)C=C/C=C/C=C/C=C/C=C/C=C/C=C/[C@H](C)[C@H]1O)O2. The van der Waals surface area contributed by atoms with Crippen molar-refractivity contribution in [1.82, 2.24) is 15.5 Å². The number of allylic oxidation sites excluding steroid dienone is 12. The lowest BCUT2D eigenvalue weighted by atomic mass is 9.82. The summed E-state index contributed by atoms with van der Waals surface area (Å²) in [5.41, 5.74) is 0. The van der Waals surface area contributed by atoms with Gasteiger partial charge in [-0.3, -0.25) is 9.59 Å². The van der Waals surface area contributed by atoms with Gasteiger partial charge in [0, 0.05) is 44.1 Å². The van der Waals surface area contributed by atoms with Gasteiger partial charge >= 0.3 is 5.97 Å². The third kappa shape index (κ3) is 23.0. The Morgan fingerprint density at radius 1 is 0.659 bits per heavy atom. The molecule has 5 aliphatic rings. The highest BCUT2D eigenvalue weighted by atomic mass is 16.7. The number of esters is 1. The predicted octanol–water partition coefficient (Wildman–Crippen LogP) is -0.948. The number of nitrogens with one attached hydrogen (secondary N) is 2. The van der Waals surface area contributed by atoms with E-state index in [0.29, 0.717) is 6.42 Å². The first kappa shape index (κ1) is 72.1. The predicted molar refractivity (Wildman–Crippen MR) is 310 cm³/mol. The first-order valence-corrected chi connectivity index (χ1v) is 30.2. The summed E-state index contributed by atoms with van der Waals surface area (Å²) in [4.78, 5) is 29.3. The van der Waals surface area contributed by atoms with Crippen molar-refractivity contribution in [3.05, 3.63) is 85.1 Å². The van der Waals surface area contributed by atoms with Gasteiger partial charge in [0.05, 0.1) is 98.7 Å². The fourth-order valence-electron chi connectivity index (χ4n) is 11.3. The maximum absolute atomic E-state index is 14.3. The summed E-state index contributed by atoms with van der Waals surface area (Å²) in [5, 5.41) is 160. The van der Waals surface area contributed by atoms with Crippen LogP contribution in [0.1, 0.15) is 105 Å². The van der Waals surface area contributed by atoms with Crippen LogP contribution < -0.4 is 10.6 Å². The van der Waals surface area contributed by atoms with Crippen molar-refractivity contribution in [2.75, 3.05) is 39.3 Å². The molecule has 0 radical (unpaired) electrons. The van der Waals surface area contributed by atoms with Gasteiger partial charge in [-0.05, 0) is 72.0 Å². The summed E-state index contributed by atoms with van der Waals surface area (Å²) in [7, 11) is 0. The summed E-state index contributed by atoms with van der Waals surface area (Å²) in [6, 6.07) is -1.34. The molecule has 0 aromatic heterocycles. The highest BCUT2D eigenvalue weighted by Crippen LogP contribution is 2.39. The number of rotatable bonds is 10. The molecule has 1 amide bonds. The molecule has 24 nitrogen and oxygen atoms in total. The van der Waals surface area contributed by atoms with Gasteiger partial charge in [-0.15, -0.1) is 0 Å². The Labute approximate surface area is 499 Å².